The molecule has 1 aromatic heterocycles. The third kappa shape index (κ3) is 3.97. The second-order valence-corrected chi connectivity index (χ2v) is 7.61. The first kappa shape index (κ1) is 16.6. The fourth-order valence-electron chi connectivity index (χ4n) is 2.79. The molecule has 0 N–H and O–H groups in total. The summed E-state index contributed by atoms with van der Waals surface area (Å²) in [5.74, 6) is 1.21. The molecule has 2 saturated heterocycles. The molecule has 2 aliphatic heterocycles. The number of aryl methyl sites for hydroxylation is 1. The number of rotatable bonds is 4. The third-order valence-corrected chi connectivity index (χ3v) is 6.10. The molecule has 9 heteroatoms. The molecule has 0 radical (unpaired) electrons. The maximum atomic E-state index is 12.6. The predicted octanol–water partition coefficient (Wildman–Crippen LogP) is 0.205. The molecule has 0 aliphatic carbocycles. The Hall–Kier alpha value is -1.29. The van der Waals surface area contributed by atoms with Crippen molar-refractivity contribution < 1.29 is 17.9 Å². The highest BCUT2D eigenvalue weighted by Gasteiger charge is 2.34. The average molecular weight is 342 g/mol. The van der Waals surface area contributed by atoms with Crippen LogP contribution in [-0.2, 0) is 14.9 Å². The van der Waals surface area contributed by atoms with Gasteiger partial charge < -0.3 is 9.47 Å². The minimum Gasteiger partial charge on any atom is -0.474 e. The van der Waals surface area contributed by atoms with Crippen LogP contribution >= 0.6 is 0 Å². The largest absolute Gasteiger partial charge is 0.474 e. The van der Waals surface area contributed by atoms with Gasteiger partial charge in [-0.3, -0.25) is 0 Å². The van der Waals surface area contributed by atoms with Gasteiger partial charge in [0.1, 0.15) is 11.9 Å². The quantitative estimate of drug-likeness (QED) is 0.777. The maximum absolute atomic E-state index is 12.6. The summed E-state index contributed by atoms with van der Waals surface area (Å²) >= 11 is 0. The zero-order chi connectivity index (χ0) is 16.3. The van der Waals surface area contributed by atoms with Gasteiger partial charge in [0, 0.05) is 38.4 Å². The third-order valence-electron chi connectivity index (χ3n) is 4.06. The zero-order valence-corrected chi connectivity index (χ0v) is 14.0. The normalized spacial score (nSPS) is 22.1. The van der Waals surface area contributed by atoms with Crippen LogP contribution in [-0.4, -0.2) is 72.5 Å². The van der Waals surface area contributed by atoms with E-state index in [1.165, 1.54) is 4.31 Å². The summed E-state index contributed by atoms with van der Waals surface area (Å²) in [6, 6.07) is 1.73. The summed E-state index contributed by atoms with van der Waals surface area (Å²) in [6.45, 7) is 4.53. The molecule has 0 bridgehead atoms. The lowest BCUT2D eigenvalue weighted by molar-refractivity contribution is 0.0675. The van der Waals surface area contributed by atoms with Crippen LogP contribution in [0.25, 0.3) is 0 Å². The summed E-state index contributed by atoms with van der Waals surface area (Å²) in [5, 5.41) is 0. The Kier molecular flexibility index (Phi) is 5.10. The van der Waals surface area contributed by atoms with Crippen molar-refractivity contribution in [3.63, 3.8) is 0 Å². The molecule has 0 aromatic carbocycles. The van der Waals surface area contributed by atoms with Crippen LogP contribution in [0.1, 0.15) is 18.7 Å². The van der Waals surface area contributed by atoms with E-state index in [9.17, 15) is 8.42 Å². The van der Waals surface area contributed by atoms with Gasteiger partial charge in [0.15, 0.2) is 0 Å². The molecule has 2 fully saturated rings. The number of hydrogen-bond donors (Lipinski definition) is 0. The van der Waals surface area contributed by atoms with E-state index in [-0.39, 0.29) is 6.10 Å². The van der Waals surface area contributed by atoms with E-state index in [1.807, 2.05) is 6.92 Å². The maximum Gasteiger partial charge on any atom is 0.282 e. The average Bonchev–Trinajstić information content (AvgIpc) is 2.56. The van der Waals surface area contributed by atoms with Crippen molar-refractivity contribution in [2.45, 2.75) is 25.9 Å². The van der Waals surface area contributed by atoms with E-state index in [0.717, 1.165) is 0 Å². The first-order valence-corrected chi connectivity index (χ1v) is 9.25. The van der Waals surface area contributed by atoms with E-state index in [1.54, 1.807) is 16.6 Å². The Morgan fingerprint density at radius 3 is 2.48 bits per heavy atom. The Morgan fingerprint density at radius 1 is 1.17 bits per heavy atom. The van der Waals surface area contributed by atoms with Crippen LogP contribution in [0.2, 0.25) is 0 Å². The van der Waals surface area contributed by atoms with Crippen LogP contribution in [0, 0.1) is 6.92 Å². The second kappa shape index (κ2) is 7.08. The van der Waals surface area contributed by atoms with Gasteiger partial charge in [-0.25, -0.2) is 4.98 Å². The van der Waals surface area contributed by atoms with Gasteiger partial charge in [-0.15, -0.1) is 0 Å². The predicted molar refractivity (Wildman–Crippen MR) is 83.3 cm³/mol. The summed E-state index contributed by atoms with van der Waals surface area (Å²) in [6.07, 6.45) is 2.97. The van der Waals surface area contributed by atoms with E-state index in [0.29, 0.717) is 63.9 Å². The molecule has 8 nitrogen and oxygen atoms in total. The number of aromatic nitrogens is 2. The van der Waals surface area contributed by atoms with Gasteiger partial charge in [-0.1, -0.05) is 0 Å². The second-order valence-electron chi connectivity index (χ2n) is 5.68. The molecule has 0 spiro atoms. The van der Waals surface area contributed by atoms with Crippen LogP contribution < -0.4 is 4.74 Å². The van der Waals surface area contributed by atoms with Crippen molar-refractivity contribution in [1.82, 2.24) is 18.6 Å². The first-order chi connectivity index (χ1) is 11.1. The van der Waals surface area contributed by atoms with Crippen LogP contribution in [0.4, 0.5) is 0 Å². The van der Waals surface area contributed by atoms with Crippen LogP contribution in [0.3, 0.4) is 0 Å². The van der Waals surface area contributed by atoms with Gasteiger partial charge >= 0.3 is 0 Å². The van der Waals surface area contributed by atoms with E-state index in [4.69, 9.17) is 9.47 Å². The molecule has 0 saturated carbocycles. The van der Waals surface area contributed by atoms with E-state index < -0.39 is 10.2 Å². The number of ether oxygens (including phenoxy) is 2. The topological polar surface area (TPSA) is 84.9 Å². The molecule has 1 aromatic rings. The van der Waals surface area contributed by atoms with Crippen molar-refractivity contribution in [2.75, 3.05) is 39.4 Å². The fourth-order valence-corrected chi connectivity index (χ4v) is 4.40. The molecule has 128 valence electrons. The molecular weight excluding hydrogens is 320 g/mol. The monoisotopic (exact) mass is 342 g/mol. The van der Waals surface area contributed by atoms with Crippen molar-refractivity contribution in [3.8, 4) is 5.88 Å². The Balaban J connectivity index is 1.55. The SMILES string of the molecule is Cc1nccc(OC2CCN(S(=O)(=O)N3CCOCC3)CC2)n1. The minimum absolute atomic E-state index is 0.0135. The summed E-state index contributed by atoms with van der Waals surface area (Å²) in [5.41, 5.74) is 0. The van der Waals surface area contributed by atoms with Crippen molar-refractivity contribution in [3.05, 3.63) is 18.1 Å². The smallest absolute Gasteiger partial charge is 0.282 e. The zero-order valence-electron chi connectivity index (χ0n) is 13.2. The molecule has 0 amide bonds. The molecule has 23 heavy (non-hydrogen) atoms. The molecule has 0 unspecified atom stereocenters. The summed E-state index contributed by atoms with van der Waals surface area (Å²) < 4.78 is 39.3. The summed E-state index contributed by atoms with van der Waals surface area (Å²) in [4.78, 5) is 8.26. The van der Waals surface area contributed by atoms with Gasteiger partial charge in [-0.05, 0) is 19.8 Å². The highest BCUT2D eigenvalue weighted by Crippen LogP contribution is 2.21. The van der Waals surface area contributed by atoms with Gasteiger partial charge in [-0.2, -0.15) is 22.0 Å². The van der Waals surface area contributed by atoms with E-state index in [2.05, 4.69) is 9.97 Å². The molecule has 2 aliphatic rings. The van der Waals surface area contributed by atoms with Crippen LogP contribution in [0.5, 0.6) is 5.88 Å². The van der Waals surface area contributed by atoms with Crippen LogP contribution in [0.15, 0.2) is 12.3 Å². The molecule has 3 rings (SSSR count). The number of morpholine rings is 1. The van der Waals surface area contributed by atoms with Crippen molar-refractivity contribution in [1.29, 1.82) is 0 Å². The number of hydrogen-bond acceptors (Lipinski definition) is 6. The summed E-state index contributed by atoms with van der Waals surface area (Å²) in [7, 11) is -3.38. The Labute approximate surface area is 136 Å². The lowest BCUT2D eigenvalue weighted by Gasteiger charge is -2.35. The van der Waals surface area contributed by atoms with E-state index >= 15 is 0 Å². The van der Waals surface area contributed by atoms with Gasteiger partial charge in [0.2, 0.25) is 5.88 Å². The molecule has 3 heterocycles. The standard InChI is InChI=1S/C14H22N4O4S/c1-12-15-5-2-14(16-12)22-13-3-6-17(7-4-13)23(19,20)18-8-10-21-11-9-18/h2,5,13H,3-4,6-11H2,1H3. The van der Waals surface area contributed by atoms with Gasteiger partial charge in [0.25, 0.3) is 10.2 Å². The van der Waals surface area contributed by atoms with Gasteiger partial charge in [0.05, 0.1) is 13.2 Å². The highest BCUT2D eigenvalue weighted by molar-refractivity contribution is 7.86. The number of piperidine rings is 1. The van der Waals surface area contributed by atoms with Crippen molar-refractivity contribution >= 4 is 10.2 Å². The fraction of sp³-hybridized carbons (Fsp3) is 0.714. The minimum atomic E-state index is -3.38. The molecular formula is C14H22N4O4S. The highest BCUT2D eigenvalue weighted by atomic mass is 32.2. The molecule has 0 atom stereocenters. The van der Waals surface area contributed by atoms with Crippen molar-refractivity contribution in [2.24, 2.45) is 0 Å². The first-order valence-electron chi connectivity index (χ1n) is 7.85. The Morgan fingerprint density at radius 2 is 1.83 bits per heavy atom. The Bertz CT molecular complexity index is 625. The number of nitrogens with zero attached hydrogens (tertiary/aromatic N) is 4. The lowest BCUT2D eigenvalue weighted by Crippen LogP contribution is -2.51. The lowest BCUT2D eigenvalue weighted by atomic mass is 10.1.